The molecule has 0 bridgehead atoms. The van der Waals surface area contributed by atoms with Crippen LogP contribution in [0.4, 0.5) is 17.2 Å². The van der Waals surface area contributed by atoms with E-state index in [0.29, 0.717) is 18.3 Å². The quantitative estimate of drug-likeness (QED) is 0.913. The van der Waals surface area contributed by atoms with E-state index in [9.17, 15) is 8.42 Å². The topological polar surface area (TPSA) is 62.3 Å². The zero-order valence-electron chi connectivity index (χ0n) is 13.4. The van der Waals surface area contributed by atoms with Crippen LogP contribution in [0.3, 0.4) is 0 Å². The lowest BCUT2D eigenvalue weighted by atomic mass is 10.1. The summed E-state index contributed by atoms with van der Waals surface area (Å²) in [5.74, 6) is 0.467. The van der Waals surface area contributed by atoms with Crippen molar-refractivity contribution in [3.8, 4) is 0 Å². The molecule has 5 nitrogen and oxygen atoms in total. The zero-order valence-corrected chi connectivity index (χ0v) is 14.2. The van der Waals surface area contributed by atoms with Crippen LogP contribution in [0.5, 0.6) is 0 Å². The summed E-state index contributed by atoms with van der Waals surface area (Å²) in [5.41, 5.74) is 3.50. The largest absolute Gasteiger partial charge is 0.337 e. The highest BCUT2D eigenvalue weighted by atomic mass is 32.2. The Kier molecular flexibility index (Phi) is 4.26. The number of anilines is 3. The van der Waals surface area contributed by atoms with Gasteiger partial charge in [-0.15, -0.1) is 0 Å². The highest BCUT2D eigenvalue weighted by Gasteiger charge is 2.26. The lowest BCUT2D eigenvalue weighted by molar-refractivity contribution is 0.599. The van der Waals surface area contributed by atoms with Gasteiger partial charge in [0.1, 0.15) is 5.82 Å². The van der Waals surface area contributed by atoms with Gasteiger partial charge < -0.3 is 4.90 Å². The first-order valence-corrected chi connectivity index (χ1v) is 9.49. The number of aromatic nitrogens is 1. The molecule has 2 aromatic rings. The Morgan fingerprint density at radius 1 is 1.26 bits per heavy atom. The van der Waals surface area contributed by atoms with Gasteiger partial charge in [0.25, 0.3) is 0 Å². The molecule has 0 spiro atoms. The fourth-order valence-electron chi connectivity index (χ4n) is 3.03. The van der Waals surface area contributed by atoms with Gasteiger partial charge in [-0.05, 0) is 43.5 Å². The van der Waals surface area contributed by atoms with Crippen molar-refractivity contribution in [1.82, 2.24) is 4.98 Å². The number of sulfonamides is 1. The molecule has 1 aromatic heterocycles. The molecule has 23 heavy (non-hydrogen) atoms. The van der Waals surface area contributed by atoms with Crippen LogP contribution in [0.2, 0.25) is 0 Å². The SMILES string of the molecule is CCCS(=O)(=O)Nc1ccc(N2c3ccccc3CC2C)cn1. The minimum atomic E-state index is -3.30. The molecule has 1 aliphatic heterocycles. The second-order valence-corrected chi connectivity index (χ2v) is 7.72. The molecule has 1 N–H and O–H groups in total. The Morgan fingerprint density at radius 2 is 2.04 bits per heavy atom. The van der Waals surface area contributed by atoms with Gasteiger partial charge in [-0.2, -0.15) is 0 Å². The highest BCUT2D eigenvalue weighted by Crippen LogP contribution is 2.37. The third-order valence-corrected chi connectivity index (χ3v) is 5.43. The predicted molar refractivity (Wildman–Crippen MR) is 93.7 cm³/mol. The summed E-state index contributed by atoms with van der Waals surface area (Å²) in [6, 6.07) is 12.3. The third-order valence-electron chi connectivity index (χ3n) is 3.97. The van der Waals surface area contributed by atoms with Crippen molar-refractivity contribution in [2.24, 2.45) is 0 Å². The number of rotatable bonds is 5. The Balaban J connectivity index is 1.83. The standard InChI is InChI=1S/C17H21N3O2S/c1-3-10-23(21,22)19-17-9-8-15(12-18-17)20-13(2)11-14-6-4-5-7-16(14)20/h4-9,12-13H,3,10-11H2,1-2H3,(H,18,19). The minimum Gasteiger partial charge on any atom is -0.337 e. The van der Waals surface area contributed by atoms with Crippen molar-refractivity contribution in [1.29, 1.82) is 0 Å². The van der Waals surface area contributed by atoms with Gasteiger partial charge in [0, 0.05) is 11.7 Å². The van der Waals surface area contributed by atoms with E-state index >= 15 is 0 Å². The van der Waals surface area contributed by atoms with E-state index in [2.05, 4.69) is 39.7 Å². The minimum absolute atomic E-state index is 0.104. The number of hydrogen-bond acceptors (Lipinski definition) is 4. The van der Waals surface area contributed by atoms with Gasteiger partial charge in [-0.25, -0.2) is 13.4 Å². The number of benzene rings is 1. The summed E-state index contributed by atoms with van der Waals surface area (Å²) in [5, 5.41) is 0. The first kappa shape index (κ1) is 15.8. The van der Waals surface area contributed by atoms with E-state index in [0.717, 1.165) is 12.1 Å². The van der Waals surface area contributed by atoms with Crippen LogP contribution >= 0.6 is 0 Å². The van der Waals surface area contributed by atoms with E-state index in [4.69, 9.17) is 0 Å². The normalized spacial score (nSPS) is 17.1. The van der Waals surface area contributed by atoms with Gasteiger partial charge in [0.2, 0.25) is 10.0 Å². The van der Waals surface area contributed by atoms with E-state index in [-0.39, 0.29) is 5.75 Å². The number of hydrogen-bond donors (Lipinski definition) is 1. The summed E-state index contributed by atoms with van der Waals surface area (Å²) in [7, 11) is -3.30. The maximum atomic E-state index is 11.8. The number of fused-ring (bicyclic) bond motifs is 1. The molecule has 1 aromatic carbocycles. The molecule has 1 atom stereocenters. The molecule has 1 aliphatic rings. The Hall–Kier alpha value is -2.08. The fourth-order valence-corrected chi connectivity index (χ4v) is 4.11. The van der Waals surface area contributed by atoms with Crippen LogP contribution < -0.4 is 9.62 Å². The summed E-state index contributed by atoms with van der Waals surface area (Å²) in [4.78, 5) is 6.51. The summed E-state index contributed by atoms with van der Waals surface area (Å²) >= 11 is 0. The summed E-state index contributed by atoms with van der Waals surface area (Å²) < 4.78 is 26.1. The van der Waals surface area contributed by atoms with Crippen LogP contribution in [0.25, 0.3) is 0 Å². The van der Waals surface area contributed by atoms with Gasteiger partial charge >= 0.3 is 0 Å². The van der Waals surface area contributed by atoms with Crippen LogP contribution in [0, 0.1) is 0 Å². The summed E-state index contributed by atoms with van der Waals surface area (Å²) in [6.07, 6.45) is 3.30. The Morgan fingerprint density at radius 3 is 2.74 bits per heavy atom. The Labute approximate surface area is 137 Å². The van der Waals surface area contributed by atoms with Crippen molar-refractivity contribution in [2.45, 2.75) is 32.7 Å². The van der Waals surface area contributed by atoms with Gasteiger partial charge in [0.05, 0.1) is 17.6 Å². The molecule has 0 saturated carbocycles. The molecule has 0 saturated heterocycles. The van der Waals surface area contributed by atoms with Crippen molar-refractivity contribution in [3.63, 3.8) is 0 Å². The smallest absolute Gasteiger partial charge is 0.233 e. The van der Waals surface area contributed by atoms with E-state index in [1.54, 1.807) is 12.3 Å². The van der Waals surface area contributed by atoms with Crippen LogP contribution in [-0.4, -0.2) is 25.2 Å². The molecule has 1 unspecified atom stereocenters. The van der Waals surface area contributed by atoms with Gasteiger partial charge in [-0.3, -0.25) is 4.72 Å². The van der Waals surface area contributed by atoms with Crippen LogP contribution in [0.1, 0.15) is 25.8 Å². The van der Waals surface area contributed by atoms with E-state index in [1.807, 2.05) is 19.1 Å². The van der Waals surface area contributed by atoms with Gasteiger partial charge in [-0.1, -0.05) is 25.1 Å². The molecule has 2 heterocycles. The van der Waals surface area contributed by atoms with Crippen molar-refractivity contribution in [3.05, 3.63) is 48.2 Å². The molecule has 0 fully saturated rings. The first-order valence-electron chi connectivity index (χ1n) is 7.84. The Bertz CT molecular complexity index is 788. The second-order valence-electron chi connectivity index (χ2n) is 5.87. The lowest BCUT2D eigenvalue weighted by Crippen LogP contribution is -2.24. The number of nitrogens with zero attached hydrogens (tertiary/aromatic N) is 2. The molecular weight excluding hydrogens is 310 g/mol. The van der Waals surface area contributed by atoms with E-state index < -0.39 is 10.0 Å². The first-order chi connectivity index (χ1) is 11.0. The van der Waals surface area contributed by atoms with Crippen molar-refractivity contribution >= 4 is 27.2 Å². The number of para-hydroxylation sites is 1. The average molecular weight is 331 g/mol. The summed E-state index contributed by atoms with van der Waals surface area (Å²) in [6.45, 7) is 4.01. The molecule has 122 valence electrons. The van der Waals surface area contributed by atoms with E-state index in [1.165, 1.54) is 11.3 Å². The third kappa shape index (κ3) is 3.32. The van der Waals surface area contributed by atoms with Crippen LogP contribution in [0.15, 0.2) is 42.6 Å². The van der Waals surface area contributed by atoms with Gasteiger partial charge in [0.15, 0.2) is 0 Å². The van der Waals surface area contributed by atoms with Crippen LogP contribution in [-0.2, 0) is 16.4 Å². The number of pyridine rings is 1. The lowest BCUT2D eigenvalue weighted by Gasteiger charge is -2.24. The molecule has 0 radical (unpaired) electrons. The molecule has 3 rings (SSSR count). The highest BCUT2D eigenvalue weighted by molar-refractivity contribution is 7.92. The predicted octanol–water partition coefficient (Wildman–Crippen LogP) is 3.32. The molecule has 0 aliphatic carbocycles. The second kappa shape index (κ2) is 6.20. The maximum absolute atomic E-state index is 11.8. The molecule has 6 heteroatoms. The van der Waals surface area contributed by atoms with Crippen molar-refractivity contribution < 1.29 is 8.42 Å². The fraction of sp³-hybridized carbons (Fsp3) is 0.353. The van der Waals surface area contributed by atoms with Crippen molar-refractivity contribution in [2.75, 3.05) is 15.4 Å². The zero-order chi connectivity index (χ0) is 16.4. The molecule has 0 amide bonds. The average Bonchev–Trinajstić information content (AvgIpc) is 2.83. The molecular formula is C17H21N3O2S. The monoisotopic (exact) mass is 331 g/mol. The number of nitrogens with one attached hydrogen (secondary N) is 1. The maximum Gasteiger partial charge on any atom is 0.233 e.